The van der Waals surface area contributed by atoms with Crippen molar-refractivity contribution in [1.82, 2.24) is 15.0 Å². The highest BCUT2D eigenvalue weighted by atomic mass is 79.9. The van der Waals surface area contributed by atoms with Crippen molar-refractivity contribution in [3.63, 3.8) is 0 Å². The number of aromatic nitrogens is 3. The minimum absolute atomic E-state index is 0.348. The third-order valence-corrected chi connectivity index (χ3v) is 2.64. The smallest absolute Gasteiger partial charge is 0.156 e. The third-order valence-electron chi connectivity index (χ3n) is 2.01. The van der Waals surface area contributed by atoms with E-state index in [-0.39, 0.29) is 0 Å². The highest BCUT2D eigenvalue weighted by Gasteiger charge is 2.06. The second kappa shape index (κ2) is 4.52. The van der Waals surface area contributed by atoms with Gasteiger partial charge in [-0.05, 0) is 28.1 Å². The number of rotatable bonds is 3. The van der Waals surface area contributed by atoms with Crippen molar-refractivity contribution in [3.8, 4) is 5.75 Å². The van der Waals surface area contributed by atoms with Gasteiger partial charge in [-0.2, -0.15) is 0 Å². The number of para-hydroxylation sites is 1. The number of hydrogen-bond donors (Lipinski definition) is 1. The van der Waals surface area contributed by atoms with Gasteiger partial charge in [0.25, 0.3) is 0 Å². The maximum atomic E-state index is 5.79. The average molecular weight is 283 g/mol. The van der Waals surface area contributed by atoms with Crippen LogP contribution in [0.1, 0.15) is 5.69 Å². The fraction of sp³-hybridized carbons (Fsp3) is 0.200. The lowest BCUT2D eigenvalue weighted by atomic mass is 10.3. The first-order chi connectivity index (χ1) is 7.66. The Kier molecular flexibility index (Phi) is 3.09. The van der Waals surface area contributed by atoms with E-state index in [4.69, 9.17) is 10.5 Å². The van der Waals surface area contributed by atoms with Crippen LogP contribution in [0.5, 0.6) is 5.75 Å². The summed E-state index contributed by atoms with van der Waals surface area (Å²) in [6.07, 6.45) is 1.80. The Hall–Kier alpha value is -1.56. The first kappa shape index (κ1) is 10.9. The first-order valence-electron chi connectivity index (χ1n) is 4.69. The van der Waals surface area contributed by atoms with Gasteiger partial charge in [0.2, 0.25) is 0 Å². The molecule has 1 aromatic heterocycles. The Morgan fingerprint density at radius 2 is 2.31 bits per heavy atom. The van der Waals surface area contributed by atoms with Gasteiger partial charge < -0.3 is 10.5 Å². The summed E-state index contributed by atoms with van der Waals surface area (Å²) in [5.41, 5.74) is 7.15. The zero-order valence-corrected chi connectivity index (χ0v) is 10.3. The van der Waals surface area contributed by atoms with Gasteiger partial charge in [0, 0.05) is 7.05 Å². The predicted octanol–water partition coefficient (Wildman–Crippen LogP) is 1.74. The summed E-state index contributed by atoms with van der Waals surface area (Å²) >= 11 is 3.38. The fourth-order valence-electron chi connectivity index (χ4n) is 1.29. The van der Waals surface area contributed by atoms with E-state index in [0.29, 0.717) is 18.0 Å². The quantitative estimate of drug-likeness (QED) is 0.871. The fourth-order valence-corrected chi connectivity index (χ4v) is 1.78. The topological polar surface area (TPSA) is 66.0 Å². The molecule has 0 saturated heterocycles. The molecule has 2 aromatic rings. The molecule has 0 spiro atoms. The Labute approximate surface area is 101 Å². The number of aryl methyl sites for hydroxylation is 1. The van der Waals surface area contributed by atoms with Crippen LogP contribution >= 0.6 is 15.9 Å². The summed E-state index contributed by atoms with van der Waals surface area (Å²) in [5, 5.41) is 7.74. The van der Waals surface area contributed by atoms with Crippen LogP contribution in [0.25, 0.3) is 0 Å². The number of benzene rings is 1. The molecule has 0 aliphatic carbocycles. The van der Waals surface area contributed by atoms with Crippen LogP contribution in [0, 0.1) is 0 Å². The Bertz CT molecular complexity index is 477. The predicted molar refractivity (Wildman–Crippen MR) is 63.9 cm³/mol. The van der Waals surface area contributed by atoms with Crippen LogP contribution in [-0.4, -0.2) is 15.0 Å². The molecule has 6 heteroatoms. The van der Waals surface area contributed by atoms with Gasteiger partial charge in [-0.25, -0.2) is 0 Å². The summed E-state index contributed by atoms with van der Waals surface area (Å²) in [6, 6.07) is 5.52. The molecule has 5 nitrogen and oxygen atoms in total. The molecular weight excluding hydrogens is 272 g/mol. The van der Waals surface area contributed by atoms with E-state index in [1.165, 1.54) is 0 Å². The molecule has 0 radical (unpaired) electrons. The summed E-state index contributed by atoms with van der Waals surface area (Å²) in [6.45, 7) is 0.348. The minimum atomic E-state index is 0.348. The number of nitrogens with two attached hydrogens (primary N) is 1. The van der Waals surface area contributed by atoms with Crippen LogP contribution in [0.2, 0.25) is 0 Å². The minimum Gasteiger partial charge on any atom is -0.484 e. The second-order valence-electron chi connectivity index (χ2n) is 3.33. The molecular formula is C10H11BrN4O. The molecule has 0 aliphatic rings. The summed E-state index contributed by atoms with van der Waals surface area (Å²) < 4.78 is 8.04. The number of anilines is 1. The van der Waals surface area contributed by atoms with Gasteiger partial charge in [-0.3, -0.25) is 4.68 Å². The van der Waals surface area contributed by atoms with E-state index >= 15 is 0 Å². The van der Waals surface area contributed by atoms with Crippen molar-refractivity contribution < 1.29 is 4.74 Å². The number of nitrogen functional groups attached to an aromatic ring is 1. The van der Waals surface area contributed by atoms with Gasteiger partial charge in [0.15, 0.2) is 5.75 Å². The lowest BCUT2D eigenvalue weighted by Gasteiger charge is -2.08. The zero-order chi connectivity index (χ0) is 11.5. The monoisotopic (exact) mass is 282 g/mol. The Balaban J connectivity index is 2.10. The molecule has 0 saturated carbocycles. The van der Waals surface area contributed by atoms with E-state index in [2.05, 4.69) is 26.2 Å². The summed E-state index contributed by atoms with van der Waals surface area (Å²) in [7, 11) is 1.81. The van der Waals surface area contributed by atoms with E-state index < -0.39 is 0 Å². The van der Waals surface area contributed by atoms with Crippen LogP contribution in [0.4, 0.5) is 5.69 Å². The first-order valence-corrected chi connectivity index (χ1v) is 5.48. The maximum absolute atomic E-state index is 5.79. The van der Waals surface area contributed by atoms with Crippen molar-refractivity contribution in [2.45, 2.75) is 6.61 Å². The van der Waals surface area contributed by atoms with Crippen molar-refractivity contribution in [2.24, 2.45) is 7.05 Å². The summed E-state index contributed by atoms with van der Waals surface area (Å²) in [4.78, 5) is 0. The molecule has 0 atom stereocenters. The third kappa shape index (κ3) is 2.33. The molecule has 0 fully saturated rings. The number of halogens is 1. The van der Waals surface area contributed by atoms with Crippen LogP contribution in [-0.2, 0) is 13.7 Å². The molecule has 1 heterocycles. The Morgan fingerprint density at radius 1 is 1.50 bits per heavy atom. The van der Waals surface area contributed by atoms with E-state index in [1.807, 2.05) is 19.2 Å². The molecule has 0 amide bonds. The number of nitrogens with zero attached hydrogens (tertiary/aromatic N) is 3. The van der Waals surface area contributed by atoms with Crippen LogP contribution < -0.4 is 10.5 Å². The lowest BCUT2D eigenvalue weighted by molar-refractivity contribution is 0.301. The molecule has 84 valence electrons. The van der Waals surface area contributed by atoms with Gasteiger partial charge >= 0.3 is 0 Å². The molecule has 2 N–H and O–H groups in total. The Morgan fingerprint density at radius 3 is 2.94 bits per heavy atom. The van der Waals surface area contributed by atoms with Crippen molar-refractivity contribution in [2.75, 3.05) is 5.73 Å². The van der Waals surface area contributed by atoms with Gasteiger partial charge in [-0.15, -0.1) is 5.10 Å². The standard InChI is InChI=1S/C10H11BrN4O/c1-15-5-7(13-14-15)6-16-10-8(11)3-2-4-9(10)12/h2-5H,6,12H2,1H3. The molecule has 2 rings (SSSR count). The number of ether oxygens (including phenoxy) is 1. The van der Waals surface area contributed by atoms with Gasteiger partial charge in [0.1, 0.15) is 12.3 Å². The second-order valence-corrected chi connectivity index (χ2v) is 4.18. The molecule has 0 unspecified atom stereocenters. The van der Waals surface area contributed by atoms with E-state index in [0.717, 1.165) is 10.2 Å². The van der Waals surface area contributed by atoms with Gasteiger partial charge in [0.05, 0.1) is 16.4 Å². The maximum Gasteiger partial charge on any atom is 0.156 e. The van der Waals surface area contributed by atoms with E-state index in [9.17, 15) is 0 Å². The van der Waals surface area contributed by atoms with Crippen LogP contribution in [0.15, 0.2) is 28.9 Å². The normalized spacial score (nSPS) is 10.4. The average Bonchev–Trinajstić information content (AvgIpc) is 2.63. The largest absolute Gasteiger partial charge is 0.484 e. The molecule has 0 aliphatic heterocycles. The molecule has 16 heavy (non-hydrogen) atoms. The SMILES string of the molecule is Cn1cc(COc2c(N)cccc2Br)nn1. The molecule has 0 bridgehead atoms. The zero-order valence-electron chi connectivity index (χ0n) is 8.72. The highest BCUT2D eigenvalue weighted by Crippen LogP contribution is 2.31. The van der Waals surface area contributed by atoms with E-state index in [1.54, 1.807) is 16.9 Å². The van der Waals surface area contributed by atoms with Crippen molar-refractivity contribution in [3.05, 3.63) is 34.6 Å². The lowest BCUT2D eigenvalue weighted by Crippen LogP contribution is -1.99. The van der Waals surface area contributed by atoms with Crippen LogP contribution in [0.3, 0.4) is 0 Å². The van der Waals surface area contributed by atoms with Gasteiger partial charge in [-0.1, -0.05) is 11.3 Å². The van der Waals surface area contributed by atoms with Crippen molar-refractivity contribution in [1.29, 1.82) is 0 Å². The summed E-state index contributed by atoms with van der Waals surface area (Å²) in [5.74, 6) is 0.633. The highest BCUT2D eigenvalue weighted by molar-refractivity contribution is 9.10. The number of hydrogen-bond acceptors (Lipinski definition) is 4. The molecule has 1 aromatic carbocycles. The van der Waals surface area contributed by atoms with Crippen molar-refractivity contribution >= 4 is 21.6 Å².